The van der Waals surface area contributed by atoms with Crippen molar-refractivity contribution in [2.75, 3.05) is 0 Å². The third kappa shape index (κ3) is 31.3. The minimum atomic E-state index is -1.55. The fraction of sp³-hybridized carbons (Fsp3) is 0. The van der Waals surface area contributed by atoms with Crippen LogP contribution in [0.2, 0.25) is 0 Å². The fourth-order valence-electron chi connectivity index (χ4n) is 0.272. The molecule has 0 unspecified atom stereocenters. The zero-order valence-electron chi connectivity index (χ0n) is 10.3. The molecule has 0 radical (unpaired) electrons. The van der Waals surface area contributed by atoms with Gasteiger partial charge in [0.05, 0.1) is 23.9 Å². The number of carboxylic acids is 4. The van der Waals surface area contributed by atoms with Crippen LogP contribution in [0.5, 0.6) is 0 Å². The summed E-state index contributed by atoms with van der Waals surface area (Å²) in [6, 6.07) is 0. The zero-order valence-corrected chi connectivity index (χ0v) is 10.5. The van der Waals surface area contributed by atoms with Crippen LogP contribution in [0.1, 0.15) is 2.85 Å². The number of rotatable bonds is 4. The summed E-state index contributed by atoms with van der Waals surface area (Å²) in [5.74, 6) is -6.19. The molecule has 0 aromatic heterocycles. The van der Waals surface area contributed by atoms with Crippen LogP contribution in [0.3, 0.4) is 0 Å². The summed E-state index contributed by atoms with van der Waals surface area (Å²) in [5, 5.41) is 37.7. The van der Waals surface area contributed by atoms with Crippen molar-refractivity contribution in [1.82, 2.24) is 0 Å². The summed E-state index contributed by atoms with van der Waals surface area (Å²) in [7, 11) is 0. The van der Waals surface area contributed by atoms with E-state index >= 15 is 0 Å². The van der Waals surface area contributed by atoms with E-state index in [0.29, 0.717) is 24.3 Å². The molecule has 0 aromatic carbocycles. The van der Waals surface area contributed by atoms with E-state index < -0.39 is 23.9 Å². The van der Waals surface area contributed by atoms with E-state index in [0.717, 1.165) is 0 Å². The topological polar surface area (TPSA) is 161 Å². The smallest absolute Gasteiger partial charge is 1.00 e. The van der Waals surface area contributed by atoms with E-state index in [-0.39, 0.29) is 40.6 Å². The first-order valence-electron chi connectivity index (χ1n) is 3.45. The van der Waals surface area contributed by atoms with Crippen molar-refractivity contribution in [3.8, 4) is 0 Å². The van der Waals surface area contributed by atoms with E-state index in [4.69, 9.17) is 0 Å². The summed E-state index contributed by atoms with van der Waals surface area (Å²) in [4.78, 5) is 37.7. The van der Waals surface area contributed by atoms with Gasteiger partial charge in [-0.3, -0.25) is 0 Å². The van der Waals surface area contributed by atoms with Gasteiger partial charge in [0, 0.05) is 0 Å². The van der Waals surface area contributed by atoms with Crippen LogP contribution >= 0.6 is 0 Å². The van der Waals surface area contributed by atoms with Crippen molar-refractivity contribution in [2.24, 2.45) is 0 Å². The predicted molar refractivity (Wildman–Crippen MR) is 46.3 cm³/mol. The van der Waals surface area contributed by atoms with Crippen molar-refractivity contribution in [3.63, 3.8) is 0 Å². The second-order valence-corrected chi connectivity index (χ2v) is 1.94. The van der Waals surface area contributed by atoms with Crippen LogP contribution in [0.15, 0.2) is 24.3 Å². The maximum Gasteiger partial charge on any atom is 2.00 e. The summed E-state index contributed by atoms with van der Waals surface area (Å²) in [6.07, 6.45) is 1.54. The van der Waals surface area contributed by atoms with Crippen molar-refractivity contribution in [1.29, 1.82) is 0 Å². The van der Waals surface area contributed by atoms with Crippen molar-refractivity contribution in [2.45, 2.75) is 0 Å². The Hall–Kier alpha value is -1.38. The van der Waals surface area contributed by atoms with Crippen LogP contribution in [-0.4, -0.2) is 61.6 Å². The molecule has 9 heteroatoms. The molecule has 0 heterocycles. The first-order chi connectivity index (χ1) is 7.25. The Kier molecular flexibility index (Phi) is 15.6. The Morgan fingerprint density at radius 3 is 0.765 bits per heavy atom. The molecular formula is C8H6CaO8-4. The number of carboxylic acid groups (broad SMARTS) is 4. The zero-order chi connectivity index (χ0) is 13.1. The summed E-state index contributed by atoms with van der Waals surface area (Å²) < 4.78 is 0. The molecule has 0 N–H and O–H groups in total. The maximum atomic E-state index is 9.41. The van der Waals surface area contributed by atoms with Crippen molar-refractivity contribution in [3.05, 3.63) is 24.3 Å². The predicted octanol–water partition coefficient (Wildman–Crippen LogP) is -6.07. The second kappa shape index (κ2) is 12.7. The fourth-order valence-corrected chi connectivity index (χ4v) is 0.272. The Bertz CT molecular complexity index is 287. The molecule has 8 nitrogen and oxygen atoms in total. The second-order valence-electron chi connectivity index (χ2n) is 1.94. The standard InChI is InChI=1S/2C4H4O4.Ca.2H/c2*5-3(6)1-2-4(7)8;;;/h2*1-2H,(H,5,6)(H,7,8);;;/q;;+2;2*-1/p-4/b2*2-1+;;;. The van der Waals surface area contributed by atoms with Gasteiger partial charge in [0.2, 0.25) is 0 Å². The molecular weight excluding hydrogens is 264 g/mol. The molecule has 0 aliphatic heterocycles. The quantitative estimate of drug-likeness (QED) is 0.360. The summed E-state index contributed by atoms with van der Waals surface area (Å²) >= 11 is 0. The van der Waals surface area contributed by atoms with Gasteiger partial charge in [-0.15, -0.1) is 0 Å². The van der Waals surface area contributed by atoms with Crippen LogP contribution < -0.4 is 20.4 Å². The normalized spacial score (nSPS) is 8.94. The molecule has 0 fully saturated rings. The molecule has 0 spiro atoms. The summed E-state index contributed by atoms with van der Waals surface area (Å²) in [6.45, 7) is 0. The van der Waals surface area contributed by atoms with Gasteiger partial charge in [0.15, 0.2) is 0 Å². The molecule has 0 bridgehead atoms. The molecule has 0 aliphatic rings. The van der Waals surface area contributed by atoms with E-state index in [9.17, 15) is 39.6 Å². The number of carbonyl (C=O) groups excluding carboxylic acids is 4. The minimum absolute atomic E-state index is 0. The third-order valence-electron chi connectivity index (χ3n) is 0.711. The van der Waals surface area contributed by atoms with Crippen LogP contribution in [-0.2, 0) is 19.2 Å². The molecule has 0 aliphatic carbocycles. The first-order valence-corrected chi connectivity index (χ1v) is 3.45. The molecule has 92 valence electrons. The van der Waals surface area contributed by atoms with Gasteiger partial charge in [-0.25, -0.2) is 0 Å². The maximum absolute atomic E-state index is 9.41. The van der Waals surface area contributed by atoms with Crippen LogP contribution in [0, 0.1) is 0 Å². The Morgan fingerprint density at radius 2 is 0.706 bits per heavy atom. The SMILES string of the molecule is O=C([O-])/C=C/C(=O)[O-].O=C([O-])/C=C/C(=O)[O-].[Ca+2].[H-].[H-]. The number of carbonyl (C=O) groups is 4. The molecule has 0 atom stereocenters. The summed E-state index contributed by atoms with van der Waals surface area (Å²) in [5.41, 5.74) is 0. The third-order valence-corrected chi connectivity index (χ3v) is 0.711. The van der Waals surface area contributed by atoms with E-state index in [2.05, 4.69) is 0 Å². The monoisotopic (exact) mass is 270 g/mol. The Labute approximate surface area is 128 Å². The largest absolute Gasteiger partial charge is 2.00 e. The molecule has 0 saturated carbocycles. The van der Waals surface area contributed by atoms with Crippen molar-refractivity contribution >= 4 is 61.6 Å². The van der Waals surface area contributed by atoms with Gasteiger partial charge in [-0.2, -0.15) is 0 Å². The molecule has 0 saturated heterocycles. The number of hydrogen-bond acceptors (Lipinski definition) is 8. The van der Waals surface area contributed by atoms with Gasteiger partial charge in [-0.05, 0) is 24.3 Å². The average molecular weight is 270 g/mol. The van der Waals surface area contributed by atoms with Crippen LogP contribution in [0.4, 0.5) is 0 Å². The molecule has 0 amide bonds. The Balaban J connectivity index is -0.0000000594. The van der Waals surface area contributed by atoms with E-state index in [1.165, 1.54) is 0 Å². The van der Waals surface area contributed by atoms with Crippen LogP contribution in [0.25, 0.3) is 0 Å². The molecule has 0 aromatic rings. The number of aliphatic carboxylic acids is 4. The molecule has 0 rings (SSSR count). The first kappa shape index (κ1) is 21.0. The van der Waals surface area contributed by atoms with Gasteiger partial charge >= 0.3 is 37.7 Å². The number of hydrogen-bond donors (Lipinski definition) is 0. The van der Waals surface area contributed by atoms with Crippen molar-refractivity contribution < 1.29 is 42.5 Å². The van der Waals surface area contributed by atoms with E-state index in [1.54, 1.807) is 0 Å². The van der Waals surface area contributed by atoms with Gasteiger partial charge in [0.1, 0.15) is 0 Å². The van der Waals surface area contributed by atoms with Gasteiger partial charge < -0.3 is 42.5 Å². The van der Waals surface area contributed by atoms with Gasteiger partial charge in [-0.1, -0.05) is 0 Å². The van der Waals surface area contributed by atoms with Gasteiger partial charge in [0.25, 0.3) is 0 Å². The van der Waals surface area contributed by atoms with E-state index in [1.807, 2.05) is 0 Å². The Morgan fingerprint density at radius 1 is 0.588 bits per heavy atom. The average Bonchev–Trinajstić information content (AvgIpc) is 2.12. The molecule has 17 heavy (non-hydrogen) atoms. The minimum Gasteiger partial charge on any atom is -1.00 e.